The molecule has 0 fully saturated rings. The van der Waals surface area contributed by atoms with Gasteiger partial charge in [0.15, 0.2) is 0 Å². The van der Waals surface area contributed by atoms with Crippen molar-refractivity contribution in [1.29, 1.82) is 0 Å². The highest BCUT2D eigenvalue weighted by Gasteiger charge is 2.15. The van der Waals surface area contributed by atoms with E-state index < -0.39 is 0 Å². The molecule has 142 valence electrons. The maximum absolute atomic E-state index is 9.23. The molecule has 0 amide bonds. The summed E-state index contributed by atoms with van der Waals surface area (Å²) in [6.07, 6.45) is 0. The monoisotopic (exact) mass is 374 g/mol. The lowest BCUT2D eigenvalue weighted by atomic mass is 9.93. The molecule has 4 nitrogen and oxygen atoms in total. The van der Waals surface area contributed by atoms with Gasteiger partial charge in [-0.2, -0.15) is 0 Å². The molecule has 4 aromatic rings. The van der Waals surface area contributed by atoms with Crippen LogP contribution in [0.4, 0.5) is 0 Å². The van der Waals surface area contributed by atoms with Gasteiger partial charge in [-0.25, -0.2) is 0 Å². The van der Waals surface area contributed by atoms with E-state index in [1.165, 1.54) is 0 Å². The van der Waals surface area contributed by atoms with Crippen molar-refractivity contribution in [3.63, 3.8) is 0 Å². The zero-order valence-electron chi connectivity index (χ0n) is 15.5. The molecular weight excluding hydrogens is 352 g/mol. The van der Waals surface area contributed by atoms with Crippen LogP contribution in [0.3, 0.4) is 0 Å². The highest BCUT2D eigenvalue weighted by Crippen LogP contribution is 2.42. The molecule has 2 N–H and O–H groups in total. The quantitative estimate of drug-likeness (QED) is 0.503. The van der Waals surface area contributed by atoms with Crippen molar-refractivity contribution in [1.82, 2.24) is 0 Å². The molecule has 4 rings (SSSR count). The van der Waals surface area contributed by atoms with Crippen molar-refractivity contribution in [3.05, 3.63) is 72.8 Å². The van der Waals surface area contributed by atoms with E-state index in [2.05, 4.69) is 18.2 Å². The van der Waals surface area contributed by atoms with Gasteiger partial charge in [0.05, 0.1) is 13.2 Å². The SMILES string of the molecule is OCCOc1ccc2ccccc2c1-c1ccc(OCCO)c2ccccc12. The number of hydrogen-bond donors (Lipinski definition) is 2. The van der Waals surface area contributed by atoms with E-state index in [9.17, 15) is 5.11 Å². The lowest BCUT2D eigenvalue weighted by molar-refractivity contribution is 0.202. The highest BCUT2D eigenvalue weighted by molar-refractivity contribution is 6.09. The molecular formula is C24H22O4. The van der Waals surface area contributed by atoms with E-state index in [-0.39, 0.29) is 26.4 Å². The van der Waals surface area contributed by atoms with Crippen LogP contribution in [0.25, 0.3) is 32.7 Å². The largest absolute Gasteiger partial charge is 0.491 e. The molecule has 0 aliphatic carbocycles. The predicted molar refractivity (Wildman–Crippen MR) is 112 cm³/mol. The van der Waals surface area contributed by atoms with Crippen LogP contribution >= 0.6 is 0 Å². The zero-order chi connectivity index (χ0) is 19.3. The van der Waals surface area contributed by atoms with Gasteiger partial charge in [-0.1, -0.05) is 54.6 Å². The van der Waals surface area contributed by atoms with Gasteiger partial charge < -0.3 is 19.7 Å². The van der Waals surface area contributed by atoms with Gasteiger partial charge in [0, 0.05) is 10.9 Å². The fraction of sp³-hybridized carbons (Fsp3) is 0.167. The van der Waals surface area contributed by atoms with Crippen molar-refractivity contribution in [2.75, 3.05) is 26.4 Å². The summed E-state index contributed by atoms with van der Waals surface area (Å²) in [5, 5.41) is 22.6. The van der Waals surface area contributed by atoms with E-state index in [0.29, 0.717) is 0 Å². The summed E-state index contributed by atoms with van der Waals surface area (Å²) in [5.74, 6) is 1.48. The van der Waals surface area contributed by atoms with Gasteiger partial charge in [0.2, 0.25) is 0 Å². The average Bonchev–Trinajstić information content (AvgIpc) is 2.75. The number of hydrogen-bond acceptors (Lipinski definition) is 4. The summed E-state index contributed by atoms with van der Waals surface area (Å²) in [7, 11) is 0. The van der Waals surface area contributed by atoms with Gasteiger partial charge in [0.25, 0.3) is 0 Å². The van der Waals surface area contributed by atoms with Gasteiger partial charge in [-0.15, -0.1) is 0 Å². The molecule has 0 saturated heterocycles. The number of benzene rings is 4. The Hall–Kier alpha value is -3.08. The third kappa shape index (κ3) is 3.40. The fourth-order valence-electron chi connectivity index (χ4n) is 3.58. The topological polar surface area (TPSA) is 58.9 Å². The third-order valence-electron chi connectivity index (χ3n) is 4.74. The summed E-state index contributed by atoms with van der Waals surface area (Å²) < 4.78 is 11.6. The molecule has 0 spiro atoms. The first kappa shape index (κ1) is 18.3. The Morgan fingerprint density at radius 1 is 0.571 bits per heavy atom. The molecule has 28 heavy (non-hydrogen) atoms. The second kappa shape index (κ2) is 8.30. The maximum Gasteiger partial charge on any atom is 0.127 e. The van der Waals surface area contributed by atoms with Crippen molar-refractivity contribution in [2.45, 2.75) is 0 Å². The van der Waals surface area contributed by atoms with Crippen LogP contribution in [0.15, 0.2) is 72.8 Å². The second-order valence-corrected chi connectivity index (χ2v) is 6.46. The Balaban J connectivity index is 1.98. The normalized spacial score (nSPS) is 11.1. The van der Waals surface area contributed by atoms with Gasteiger partial charge in [0.1, 0.15) is 24.7 Å². The summed E-state index contributed by atoms with van der Waals surface area (Å²) >= 11 is 0. The van der Waals surface area contributed by atoms with Crippen molar-refractivity contribution < 1.29 is 19.7 Å². The second-order valence-electron chi connectivity index (χ2n) is 6.46. The molecule has 0 saturated carbocycles. The van der Waals surface area contributed by atoms with Crippen molar-refractivity contribution in [2.24, 2.45) is 0 Å². The molecule has 0 heterocycles. The van der Waals surface area contributed by atoms with Crippen LogP contribution in [0.1, 0.15) is 0 Å². The van der Waals surface area contributed by atoms with E-state index in [0.717, 1.165) is 44.2 Å². The molecule has 0 atom stereocenters. The smallest absolute Gasteiger partial charge is 0.127 e. The van der Waals surface area contributed by atoms with E-state index in [1.807, 2.05) is 54.6 Å². The number of aliphatic hydroxyl groups excluding tert-OH is 2. The lowest BCUT2D eigenvalue weighted by Crippen LogP contribution is -2.04. The summed E-state index contributed by atoms with van der Waals surface area (Å²) in [5.41, 5.74) is 2.04. The standard InChI is InChI=1S/C24H22O4/c25-13-15-27-22-12-10-21(19-7-3-4-8-20(19)22)24-18-6-2-1-5-17(18)9-11-23(24)28-16-14-26/h1-12,25-26H,13-16H2. The third-order valence-corrected chi connectivity index (χ3v) is 4.74. The Morgan fingerprint density at radius 3 is 1.93 bits per heavy atom. The predicted octanol–water partition coefficient (Wildman–Crippen LogP) is 4.40. The Kier molecular flexibility index (Phi) is 5.42. The number of fused-ring (bicyclic) bond motifs is 2. The number of rotatable bonds is 7. The van der Waals surface area contributed by atoms with E-state index in [4.69, 9.17) is 14.6 Å². The van der Waals surface area contributed by atoms with Crippen LogP contribution in [-0.2, 0) is 0 Å². The maximum atomic E-state index is 9.23. The highest BCUT2D eigenvalue weighted by atomic mass is 16.5. The molecule has 4 aromatic carbocycles. The minimum Gasteiger partial charge on any atom is -0.491 e. The van der Waals surface area contributed by atoms with Crippen LogP contribution in [0.2, 0.25) is 0 Å². The molecule has 0 aliphatic heterocycles. The Morgan fingerprint density at radius 2 is 1.18 bits per heavy atom. The van der Waals surface area contributed by atoms with E-state index >= 15 is 0 Å². The van der Waals surface area contributed by atoms with E-state index in [1.54, 1.807) is 0 Å². The lowest BCUT2D eigenvalue weighted by Gasteiger charge is -2.17. The number of aliphatic hydroxyl groups is 2. The minimum absolute atomic E-state index is 0.0292. The van der Waals surface area contributed by atoms with Gasteiger partial charge in [-0.3, -0.25) is 0 Å². The van der Waals surface area contributed by atoms with Crippen LogP contribution < -0.4 is 9.47 Å². The fourth-order valence-corrected chi connectivity index (χ4v) is 3.58. The Labute approximate surface area is 163 Å². The van der Waals surface area contributed by atoms with Crippen molar-refractivity contribution in [3.8, 4) is 22.6 Å². The first-order valence-electron chi connectivity index (χ1n) is 9.34. The molecule has 0 bridgehead atoms. The summed E-state index contributed by atoms with van der Waals surface area (Å²) in [6.45, 7) is 0.420. The average molecular weight is 374 g/mol. The molecule has 0 aliphatic rings. The molecule has 4 heteroatoms. The zero-order valence-corrected chi connectivity index (χ0v) is 15.5. The number of ether oxygens (including phenoxy) is 2. The summed E-state index contributed by atoms with van der Waals surface area (Å²) in [4.78, 5) is 0. The first-order chi connectivity index (χ1) is 13.8. The Bertz CT molecular complexity index is 1100. The van der Waals surface area contributed by atoms with Gasteiger partial charge in [-0.05, 0) is 39.9 Å². The molecule has 0 radical (unpaired) electrons. The summed E-state index contributed by atoms with van der Waals surface area (Å²) in [6, 6.07) is 24.2. The first-order valence-corrected chi connectivity index (χ1v) is 9.34. The van der Waals surface area contributed by atoms with Crippen LogP contribution in [-0.4, -0.2) is 36.6 Å². The minimum atomic E-state index is -0.0407. The van der Waals surface area contributed by atoms with Crippen LogP contribution in [0.5, 0.6) is 11.5 Å². The van der Waals surface area contributed by atoms with Crippen LogP contribution in [0, 0.1) is 0 Å². The van der Waals surface area contributed by atoms with Crippen molar-refractivity contribution >= 4 is 21.5 Å². The molecule has 0 unspecified atom stereocenters. The van der Waals surface area contributed by atoms with Gasteiger partial charge >= 0.3 is 0 Å². The molecule has 0 aromatic heterocycles.